The number of hydrogen-bond donors (Lipinski definition) is 2. The lowest BCUT2D eigenvalue weighted by Crippen LogP contribution is -2.15. The van der Waals surface area contributed by atoms with Gasteiger partial charge in [0.05, 0.1) is 0 Å². The third-order valence-corrected chi connectivity index (χ3v) is 2.94. The number of benzene rings is 1. The van der Waals surface area contributed by atoms with Gasteiger partial charge in [0, 0.05) is 12.1 Å². The molecule has 0 aliphatic carbocycles. The molecule has 0 heterocycles. The van der Waals surface area contributed by atoms with Crippen LogP contribution in [0.15, 0.2) is 23.1 Å². The van der Waals surface area contributed by atoms with E-state index in [2.05, 4.69) is 5.32 Å². The molecule has 94 valence electrons. The van der Waals surface area contributed by atoms with E-state index in [9.17, 15) is 17.6 Å². The molecule has 0 spiro atoms. The number of halogens is 1. The van der Waals surface area contributed by atoms with E-state index < -0.39 is 20.7 Å². The Morgan fingerprint density at radius 3 is 2.59 bits per heavy atom. The van der Waals surface area contributed by atoms with Crippen LogP contribution in [0.2, 0.25) is 0 Å². The summed E-state index contributed by atoms with van der Waals surface area (Å²) in [5, 5.41) is 7.25. The van der Waals surface area contributed by atoms with Gasteiger partial charge in [-0.3, -0.25) is 4.79 Å². The summed E-state index contributed by atoms with van der Waals surface area (Å²) in [7, 11) is -4.08. The normalized spacial score (nSPS) is 11.2. The smallest absolute Gasteiger partial charge is 0.240 e. The topological polar surface area (TPSA) is 89.3 Å². The summed E-state index contributed by atoms with van der Waals surface area (Å²) < 4.78 is 35.3. The zero-order chi connectivity index (χ0) is 13.1. The Kier molecular flexibility index (Phi) is 4.19. The molecule has 0 aliphatic heterocycles. The van der Waals surface area contributed by atoms with Crippen LogP contribution in [0.1, 0.15) is 19.8 Å². The van der Waals surface area contributed by atoms with Crippen molar-refractivity contribution in [3.8, 4) is 0 Å². The van der Waals surface area contributed by atoms with Crippen LogP contribution >= 0.6 is 0 Å². The van der Waals surface area contributed by atoms with Crippen LogP contribution in [0.5, 0.6) is 0 Å². The van der Waals surface area contributed by atoms with Crippen molar-refractivity contribution in [1.82, 2.24) is 0 Å². The highest BCUT2D eigenvalue weighted by Crippen LogP contribution is 2.17. The molecule has 17 heavy (non-hydrogen) atoms. The Balaban J connectivity index is 2.94. The van der Waals surface area contributed by atoms with Crippen LogP contribution in [-0.2, 0) is 14.8 Å². The molecular formula is C10H13FN2O3S. The lowest BCUT2D eigenvalue weighted by atomic mass is 10.2. The fourth-order valence-corrected chi connectivity index (χ4v) is 1.85. The van der Waals surface area contributed by atoms with E-state index in [0.29, 0.717) is 12.8 Å². The van der Waals surface area contributed by atoms with Gasteiger partial charge in [-0.05, 0) is 24.6 Å². The zero-order valence-electron chi connectivity index (χ0n) is 9.23. The van der Waals surface area contributed by atoms with Gasteiger partial charge in [-0.1, -0.05) is 6.92 Å². The number of carbonyl (C=O) groups excluding carboxylic acids is 1. The number of carbonyl (C=O) groups is 1. The van der Waals surface area contributed by atoms with E-state index in [0.717, 1.165) is 12.1 Å². The van der Waals surface area contributed by atoms with Crippen molar-refractivity contribution in [3.05, 3.63) is 24.0 Å². The molecule has 0 aromatic heterocycles. The van der Waals surface area contributed by atoms with Crippen molar-refractivity contribution in [1.29, 1.82) is 0 Å². The average molecular weight is 260 g/mol. The first-order valence-electron chi connectivity index (χ1n) is 4.96. The second kappa shape index (κ2) is 5.24. The molecule has 1 aromatic carbocycles. The van der Waals surface area contributed by atoms with Crippen LogP contribution in [0.25, 0.3) is 0 Å². The molecule has 7 heteroatoms. The SMILES string of the molecule is CCCC(=O)Nc1ccc(S(N)(=O)=O)c(F)c1. The van der Waals surface area contributed by atoms with E-state index >= 15 is 0 Å². The molecule has 0 unspecified atom stereocenters. The Morgan fingerprint density at radius 1 is 1.47 bits per heavy atom. The first-order valence-corrected chi connectivity index (χ1v) is 6.51. The highest BCUT2D eigenvalue weighted by atomic mass is 32.2. The van der Waals surface area contributed by atoms with Gasteiger partial charge in [0.2, 0.25) is 15.9 Å². The Hall–Kier alpha value is -1.47. The number of sulfonamides is 1. The van der Waals surface area contributed by atoms with E-state index in [-0.39, 0.29) is 11.6 Å². The van der Waals surface area contributed by atoms with Gasteiger partial charge in [0.15, 0.2) is 0 Å². The summed E-state index contributed by atoms with van der Waals surface area (Å²) in [6.45, 7) is 1.84. The number of amides is 1. The van der Waals surface area contributed by atoms with Gasteiger partial charge in [-0.15, -0.1) is 0 Å². The van der Waals surface area contributed by atoms with E-state index in [4.69, 9.17) is 5.14 Å². The molecule has 0 fully saturated rings. The predicted octanol–water partition coefficient (Wildman–Crippen LogP) is 1.21. The standard InChI is InChI=1S/C10H13FN2O3S/c1-2-3-10(14)13-7-4-5-9(8(11)6-7)17(12,15)16/h4-6H,2-3H2,1H3,(H,13,14)(H2,12,15,16). The van der Waals surface area contributed by atoms with Crippen LogP contribution in [-0.4, -0.2) is 14.3 Å². The highest BCUT2D eigenvalue weighted by molar-refractivity contribution is 7.89. The fraction of sp³-hybridized carbons (Fsp3) is 0.300. The van der Waals surface area contributed by atoms with Crippen molar-refractivity contribution in [2.45, 2.75) is 24.7 Å². The molecule has 0 atom stereocenters. The maximum absolute atomic E-state index is 13.4. The maximum atomic E-state index is 13.4. The molecule has 5 nitrogen and oxygen atoms in total. The second-order valence-electron chi connectivity index (χ2n) is 3.49. The lowest BCUT2D eigenvalue weighted by molar-refractivity contribution is -0.116. The molecular weight excluding hydrogens is 247 g/mol. The van der Waals surface area contributed by atoms with Crippen molar-refractivity contribution < 1.29 is 17.6 Å². The molecule has 1 rings (SSSR count). The van der Waals surface area contributed by atoms with Crippen LogP contribution < -0.4 is 10.5 Å². The molecule has 0 bridgehead atoms. The summed E-state index contributed by atoms with van der Waals surface area (Å²) in [5.41, 5.74) is 0.202. The van der Waals surface area contributed by atoms with Crippen LogP contribution in [0.4, 0.5) is 10.1 Å². The maximum Gasteiger partial charge on any atom is 0.240 e. The minimum atomic E-state index is -4.08. The van der Waals surface area contributed by atoms with Gasteiger partial charge >= 0.3 is 0 Å². The van der Waals surface area contributed by atoms with Crippen molar-refractivity contribution in [2.24, 2.45) is 5.14 Å². The third-order valence-electron chi connectivity index (χ3n) is 2.00. The molecule has 0 saturated heterocycles. The molecule has 3 N–H and O–H groups in total. The molecule has 1 aromatic rings. The van der Waals surface area contributed by atoms with Crippen molar-refractivity contribution in [2.75, 3.05) is 5.32 Å². The van der Waals surface area contributed by atoms with Crippen LogP contribution in [0, 0.1) is 5.82 Å². The number of primary sulfonamides is 1. The first-order chi connectivity index (χ1) is 7.84. The van der Waals surface area contributed by atoms with Gasteiger partial charge in [0.1, 0.15) is 10.7 Å². The molecule has 0 saturated carbocycles. The second-order valence-corrected chi connectivity index (χ2v) is 5.02. The summed E-state index contributed by atoms with van der Waals surface area (Å²) in [6, 6.07) is 3.23. The number of hydrogen-bond acceptors (Lipinski definition) is 3. The van der Waals surface area contributed by atoms with Crippen molar-refractivity contribution in [3.63, 3.8) is 0 Å². The minimum Gasteiger partial charge on any atom is -0.326 e. The van der Waals surface area contributed by atoms with E-state index in [1.165, 1.54) is 6.07 Å². The highest BCUT2D eigenvalue weighted by Gasteiger charge is 2.14. The summed E-state index contributed by atoms with van der Waals surface area (Å²) in [4.78, 5) is 10.6. The number of rotatable bonds is 4. The van der Waals surface area contributed by atoms with Crippen molar-refractivity contribution >= 4 is 21.6 Å². The minimum absolute atomic E-state index is 0.202. The first kappa shape index (κ1) is 13.6. The molecule has 0 aliphatic rings. The van der Waals surface area contributed by atoms with Crippen LogP contribution in [0.3, 0.4) is 0 Å². The van der Waals surface area contributed by atoms with Gasteiger partial charge in [-0.2, -0.15) is 0 Å². The number of anilines is 1. The van der Waals surface area contributed by atoms with Gasteiger partial charge in [0.25, 0.3) is 0 Å². The Bertz CT molecular complexity index is 528. The third kappa shape index (κ3) is 3.79. The van der Waals surface area contributed by atoms with E-state index in [1.54, 1.807) is 0 Å². The number of nitrogens with two attached hydrogens (primary N) is 1. The summed E-state index contributed by atoms with van der Waals surface area (Å²) in [6.07, 6.45) is 0.988. The Labute approximate surface area is 98.9 Å². The zero-order valence-corrected chi connectivity index (χ0v) is 10.1. The molecule has 0 radical (unpaired) electrons. The lowest BCUT2D eigenvalue weighted by Gasteiger charge is -2.06. The summed E-state index contributed by atoms with van der Waals surface area (Å²) in [5.74, 6) is -1.24. The monoisotopic (exact) mass is 260 g/mol. The average Bonchev–Trinajstić information content (AvgIpc) is 2.15. The predicted molar refractivity (Wildman–Crippen MR) is 61.3 cm³/mol. The van der Waals surface area contributed by atoms with E-state index in [1.807, 2.05) is 6.92 Å². The van der Waals surface area contributed by atoms with Gasteiger partial charge in [-0.25, -0.2) is 17.9 Å². The Morgan fingerprint density at radius 2 is 2.12 bits per heavy atom. The molecule has 1 amide bonds. The quantitative estimate of drug-likeness (QED) is 0.852. The fourth-order valence-electron chi connectivity index (χ4n) is 1.26. The largest absolute Gasteiger partial charge is 0.326 e. The van der Waals surface area contributed by atoms with Gasteiger partial charge < -0.3 is 5.32 Å². The summed E-state index contributed by atoms with van der Waals surface area (Å²) >= 11 is 0. The number of nitrogens with one attached hydrogen (secondary N) is 1.